The van der Waals surface area contributed by atoms with Gasteiger partial charge in [0, 0.05) is 26.2 Å². The maximum absolute atomic E-state index is 11.5. The summed E-state index contributed by atoms with van der Waals surface area (Å²) in [5.74, 6) is 1.56. The zero-order chi connectivity index (χ0) is 16.5. The molecule has 2 fully saturated rings. The van der Waals surface area contributed by atoms with Gasteiger partial charge < -0.3 is 15.0 Å². The molecule has 1 N–H and O–H groups in total. The average molecular weight is 349 g/mol. The third-order valence-electron chi connectivity index (χ3n) is 4.40. The normalized spacial score (nSPS) is 22.8. The van der Waals surface area contributed by atoms with E-state index in [0.29, 0.717) is 12.4 Å². The van der Waals surface area contributed by atoms with Crippen molar-refractivity contribution in [3.05, 3.63) is 6.20 Å². The van der Waals surface area contributed by atoms with E-state index in [1.165, 1.54) is 4.80 Å². The van der Waals surface area contributed by atoms with Crippen molar-refractivity contribution >= 4 is 22.4 Å². The molecule has 0 aromatic carbocycles. The van der Waals surface area contributed by atoms with Gasteiger partial charge in [-0.05, 0) is 24.0 Å². The van der Waals surface area contributed by atoms with Crippen molar-refractivity contribution in [1.82, 2.24) is 30.5 Å². The van der Waals surface area contributed by atoms with Gasteiger partial charge in [-0.25, -0.2) is 9.78 Å². The number of hydrogen-bond donors (Lipinski definition) is 1. The fourth-order valence-electron chi connectivity index (χ4n) is 3.26. The zero-order valence-electron chi connectivity index (χ0n) is 13.4. The van der Waals surface area contributed by atoms with E-state index < -0.39 is 0 Å². The van der Waals surface area contributed by atoms with Crippen molar-refractivity contribution in [2.24, 2.45) is 11.8 Å². The quantitative estimate of drug-likeness (QED) is 0.754. The van der Waals surface area contributed by atoms with Crippen LogP contribution in [0.1, 0.15) is 6.92 Å². The van der Waals surface area contributed by atoms with E-state index in [-0.39, 0.29) is 12.5 Å². The number of esters is 1. The Morgan fingerprint density at radius 2 is 2.21 bits per heavy atom. The van der Waals surface area contributed by atoms with Gasteiger partial charge in [-0.2, -0.15) is 4.80 Å². The van der Waals surface area contributed by atoms with Crippen LogP contribution in [0.25, 0.3) is 10.7 Å². The topological polar surface area (TPSA) is 98.1 Å². The number of carbonyl (C=O) groups excluding carboxylic acids is 1. The first-order chi connectivity index (χ1) is 11.7. The number of thiazole rings is 1. The summed E-state index contributed by atoms with van der Waals surface area (Å²) in [6, 6.07) is 0. The molecule has 2 aliphatic heterocycles. The first-order valence-corrected chi connectivity index (χ1v) is 8.90. The van der Waals surface area contributed by atoms with E-state index in [1.807, 2.05) is 0 Å². The molecule has 9 nitrogen and oxygen atoms in total. The summed E-state index contributed by atoms with van der Waals surface area (Å²) in [7, 11) is 0. The Hall–Kier alpha value is -2.07. The van der Waals surface area contributed by atoms with E-state index in [2.05, 4.69) is 30.6 Å². The minimum atomic E-state index is -0.372. The van der Waals surface area contributed by atoms with Gasteiger partial charge in [0.1, 0.15) is 0 Å². The summed E-state index contributed by atoms with van der Waals surface area (Å²) in [6.07, 6.45) is 1.78. The van der Waals surface area contributed by atoms with Gasteiger partial charge in [-0.15, -0.1) is 10.2 Å². The molecule has 0 aliphatic carbocycles. The van der Waals surface area contributed by atoms with Gasteiger partial charge in [0.25, 0.3) is 0 Å². The van der Waals surface area contributed by atoms with Crippen LogP contribution in [-0.4, -0.2) is 63.9 Å². The molecule has 2 atom stereocenters. The molecule has 0 bridgehead atoms. The van der Waals surface area contributed by atoms with E-state index in [0.717, 1.165) is 48.0 Å². The van der Waals surface area contributed by atoms with Crippen molar-refractivity contribution < 1.29 is 9.53 Å². The van der Waals surface area contributed by atoms with Crippen LogP contribution in [0, 0.1) is 11.8 Å². The first-order valence-electron chi connectivity index (χ1n) is 8.08. The van der Waals surface area contributed by atoms with Crippen molar-refractivity contribution in [3.8, 4) is 10.7 Å². The average Bonchev–Trinajstić information content (AvgIpc) is 3.30. The summed E-state index contributed by atoms with van der Waals surface area (Å²) in [4.78, 5) is 20.4. The Morgan fingerprint density at radius 1 is 1.42 bits per heavy atom. The Balaban J connectivity index is 1.43. The molecule has 4 heterocycles. The molecule has 10 heteroatoms. The number of ether oxygens (including phenoxy) is 1. The van der Waals surface area contributed by atoms with Crippen LogP contribution in [0.3, 0.4) is 0 Å². The van der Waals surface area contributed by atoms with Crippen LogP contribution in [0.2, 0.25) is 0 Å². The number of aromatic nitrogens is 5. The smallest absolute Gasteiger partial charge is 0.329 e. The van der Waals surface area contributed by atoms with Crippen LogP contribution < -0.4 is 10.2 Å². The summed E-state index contributed by atoms with van der Waals surface area (Å²) in [5.41, 5.74) is 0. The molecule has 0 spiro atoms. The SMILES string of the molecule is CCOC(=O)Cn1nnc(-c2cnc(N3CC4CNCC4C3)s2)n1. The molecule has 2 aliphatic rings. The van der Waals surface area contributed by atoms with Crippen molar-refractivity contribution in [1.29, 1.82) is 0 Å². The number of carbonyl (C=O) groups is 1. The fourth-order valence-corrected chi connectivity index (χ4v) is 4.12. The van der Waals surface area contributed by atoms with Crippen LogP contribution in [0.5, 0.6) is 0 Å². The minimum Gasteiger partial charge on any atom is -0.465 e. The molecule has 2 unspecified atom stereocenters. The lowest BCUT2D eigenvalue weighted by molar-refractivity contribution is -0.144. The second-order valence-corrected chi connectivity index (χ2v) is 7.05. The molecule has 2 aromatic heterocycles. The third-order valence-corrected chi connectivity index (χ3v) is 5.46. The molecule has 4 rings (SSSR count). The highest BCUT2D eigenvalue weighted by molar-refractivity contribution is 7.18. The number of hydrogen-bond acceptors (Lipinski definition) is 9. The van der Waals surface area contributed by atoms with Gasteiger partial charge in [0.05, 0.1) is 17.7 Å². The van der Waals surface area contributed by atoms with Gasteiger partial charge >= 0.3 is 5.97 Å². The van der Waals surface area contributed by atoms with Crippen molar-refractivity contribution in [2.45, 2.75) is 13.5 Å². The predicted molar refractivity (Wildman–Crippen MR) is 87.6 cm³/mol. The Morgan fingerprint density at radius 3 is 2.96 bits per heavy atom. The molecular formula is C14H19N7O2S. The van der Waals surface area contributed by atoms with E-state index in [9.17, 15) is 4.79 Å². The lowest BCUT2D eigenvalue weighted by atomic mass is 10.0. The number of anilines is 1. The molecule has 0 saturated carbocycles. The number of nitrogens with zero attached hydrogens (tertiary/aromatic N) is 6. The highest BCUT2D eigenvalue weighted by Gasteiger charge is 2.37. The second-order valence-electron chi connectivity index (χ2n) is 6.04. The summed E-state index contributed by atoms with van der Waals surface area (Å²) in [5, 5.41) is 16.6. The lowest BCUT2D eigenvalue weighted by Crippen LogP contribution is -2.25. The molecular weight excluding hydrogens is 330 g/mol. The fraction of sp³-hybridized carbons (Fsp3) is 0.643. The van der Waals surface area contributed by atoms with Crippen LogP contribution in [0.15, 0.2) is 6.20 Å². The van der Waals surface area contributed by atoms with Crippen LogP contribution in [-0.2, 0) is 16.1 Å². The Kier molecular flexibility index (Phi) is 4.15. The standard InChI is InChI=1S/C14H19N7O2S/c1-2-23-12(22)8-21-18-13(17-19-21)11-5-16-14(24-11)20-6-9-3-15-4-10(9)7-20/h5,9-10,15H,2-4,6-8H2,1H3. The molecule has 0 radical (unpaired) electrons. The highest BCUT2D eigenvalue weighted by Crippen LogP contribution is 2.34. The highest BCUT2D eigenvalue weighted by atomic mass is 32.1. The summed E-state index contributed by atoms with van der Waals surface area (Å²) in [6.45, 7) is 6.37. The number of tetrazole rings is 1. The number of fused-ring (bicyclic) bond motifs is 1. The Bertz CT molecular complexity index is 718. The van der Waals surface area contributed by atoms with Crippen molar-refractivity contribution in [2.75, 3.05) is 37.7 Å². The monoisotopic (exact) mass is 349 g/mol. The van der Waals surface area contributed by atoms with E-state index >= 15 is 0 Å². The first kappa shape index (κ1) is 15.5. The van der Waals surface area contributed by atoms with E-state index in [4.69, 9.17) is 4.74 Å². The Labute approximate surface area is 143 Å². The largest absolute Gasteiger partial charge is 0.465 e. The molecule has 0 amide bonds. The second kappa shape index (κ2) is 6.44. The van der Waals surface area contributed by atoms with E-state index in [1.54, 1.807) is 24.5 Å². The van der Waals surface area contributed by atoms with Crippen molar-refractivity contribution in [3.63, 3.8) is 0 Å². The summed E-state index contributed by atoms with van der Waals surface area (Å²) < 4.78 is 4.88. The molecule has 128 valence electrons. The molecule has 2 aromatic rings. The van der Waals surface area contributed by atoms with Gasteiger partial charge in [-0.1, -0.05) is 11.3 Å². The maximum atomic E-state index is 11.5. The predicted octanol–water partition coefficient (Wildman–Crippen LogP) is 0.0153. The van der Waals surface area contributed by atoms with Crippen LogP contribution in [0.4, 0.5) is 5.13 Å². The van der Waals surface area contributed by atoms with Gasteiger partial charge in [0.2, 0.25) is 5.82 Å². The zero-order valence-corrected chi connectivity index (χ0v) is 14.2. The molecule has 24 heavy (non-hydrogen) atoms. The van der Waals surface area contributed by atoms with Crippen LogP contribution >= 0.6 is 11.3 Å². The number of nitrogens with one attached hydrogen (secondary N) is 1. The van der Waals surface area contributed by atoms with Gasteiger partial charge in [0.15, 0.2) is 11.7 Å². The summed E-state index contributed by atoms with van der Waals surface area (Å²) >= 11 is 1.56. The lowest BCUT2D eigenvalue weighted by Gasteiger charge is -2.15. The minimum absolute atomic E-state index is 0.0328. The maximum Gasteiger partial charge on any atom is 0.329 e. The third kappa shape index (κ3) is 2.98. The van der Waals surface area contributed by atoms with Gasteiger partial charge in [-0.3, -0.25) is 0 Å². The molecule has 2 saturated heterocycles. The number of rotatable bonds is 5.